The highest BCUT2D eigenvalue weighted by Crippen LogP contribution is 2.48. The Morgan fingerprint density at radius 3 is 1.51 bits per heavy atom. The molecule has 0 spiro atoms. The molecule has 1 saturated heterocycles. The molecule has 1 aliphatic rings. The number of carboxylic acid groups (broad SMARTS) is 2. The molecule has 1 aromatic rings. The van der Waals surface area contributed by atoms with E-state index in [1.807, 2.05) is 83.1 Å². The van der Waals surface area contributed by atoms with E-state index >= 15 is 0 Å². The first-order chi connectivity index (χ1) is 44.4. The van der Waals surface area contributed by atoms with Gasteiger partial charge in [-0.15, -0.1) is 11.8 Å². The molecule has 0 bridgehead atoms. The molecule has 2 rings (SSSR count). The van der Waals surface area contributed by atoms with E-state index in [1.165, 1.54) is 42.6 Å². The largest absolute Gasteiger partial charge is 0.727 e. The van der Waals surface area contributed by atoms with Crippen LogP contribution in [0.5, 0.6) is 0 Å². The number of carbonyl (C=O) groups is 4. The number of benzene rings is 1. The fraction of sp³-hybridized carbons (Fsp3) is 0.812. The van der Waals surface area contributed by atoms with Gasteiger partial charge in [-0.1, -0.05) is 163 Å². The number of esters is 1. The number of hydrogen-bond donors (Lipinski definition) is 5. The second-order valence-electron chi connectivity index (χ2n) is 29.7. The summed E-state index contributed by atoms with van der Waals surface area (Å²) >= 11 is 25.9. The average molecular weight is 1630 g/mol. The van der Waals surface area contributed by atoms with Gasteiger partial charge >= 0.3 is 17.9 Å². The second kappa shape index (κ2) is 55.9. The van der Waals surface area contributed by atoms with Gasteiger partial charge in [0.2, 0.25) is 5.91 Å². The Balaban J connectivity index is -0.000000200. The lowest BCUT2D eigenvalue weighted by atomic mass is 9.87. The number of carbonyl (C=O) groups excluding carboxylic acids is 2. The maximum atomic E-state index is 11.2. The summed E-state index contributed by atoms with van der Waals surface area (Å²) in [6.07, 6.45) is 10.9. The predicted molar refractivity (Wildman–Crippen MR) is 446 cm³/mol. The summed E-state index contributed by atoms with van der Waals surface area (Å²) in [7, 11) is -6.99. The average Bonchev–Trinajstić information content (AvgIpc) is 0.801. The summed E-state index contributed by atoms with van der Waals surface area (Å²) in [5.74, 6) is -0.591. The summed E-state index contributed by atoms with van der Waals surface area (Å²) in [6, 6.07) is 7.71. The molecule has 31 heteroatoms. The summed E-state index contributed by atoms with van der Waals surface area (Å²) < 4.78 is 87.4. The van der Waals surface area contributed by atoms with Gasteiger partial charge in [0, 0.05) is 61.0 Å². The summed E-state index contributed by atoms with van der Waals surface area (Å²) in [5, 5.41) is 22.2. The normalized spacial score (nSPS) is 14.0. The topological polar surface area (TPSA) is 301 Å². The van der Waals surface area contributed by atoms with Crippen molar-refractivity contribution in [2.45, 2.75) is 286 Å². The molecule has 594 valence electrons. The van der Waals surface area contributed by atoms with E-state index in [-0.39, 0.29) is 65.0 Å². The Morgan fingerprint density at radius 2 is 1.19 bits per heavy atom. The third kappa shape index (κ3) is 79.1. The van der Waals surface area contributed by atoms with Crippen molar-refractivity contribution in [3.8, 4) is 0 Å². The lowest BCUT2D eigenvalue weighted by Gasteiger charge is -2.43. The molecular weight excluding hydrogens is 1490 g/mol. The zero-order valence-corrected chi connectivity index (χ0v) is 74.1. The fourth-order valence-electron chi connectivity index (χ4n) is 6.90. The highest BCUT2D eigenvalue weighted by Gasteiger charge is 2.25. The van der Waals surface area contributed by atoms with E-state index in [0.29, 0.717) is 62.9 Å². The first-order valence-electron chi connectivity index (χ1n) is 33.4. The number of aliphatic carboxylic acids is 2. The lowest BCUT2D eigenvalue weighted by Crippen LogP contribution is -2.40. The fourth-order valence-corrected chi connectivity index (χ4v) is 15.8. The number of thiocarbonyl (C=S) groups is 3. The van der Waals surface area contributed by atoms with Crippen LogP contribution in [0, 0.1) is 16.7 Å². The molecule has 1 aromatic carbocycles. The van der Waals surface area contributed by atoms with Gasteiger partial charge < -0.3 is 53.0 Å². The monoisotopic (exact) mass is 1630 g/mol. The Bertz CT molecular complexity index is 2860. The summed E-state index contributed by atoms with van der Waals surface area (Å²) in [6.45, 7) is 51.8. The van der Waals surface area contributed by atoms with E-state index in [9.17, 15) is 44.4 Å². The molecule has 20 nitrogen and oxygen atoms in total. The van der Waals surface area contributed by atoms with Crippen LogP contribution in [0.2, 0.25) is 0 Å². The number of amides is 1. The number of piperidine rings is 1. The SMILES string of the molecule is C.CC(=S)CCC(NC(C)C)C(=O)O.CC(=S)COC(C)C.CC(C)(C)C(=O)OCC(N)=S.CC(C)(C)CCSS(C)(=O)=O.CC(C)(C)OCCCSS(C)(=O)=O.CC(C)(C)c1ccc(P(=S)([S-])N2CCCCC2)cc1.CCC(NC(=O)CC(C)C)C(=O)O.CCCS(=O)(=O)OC(C)(C)C. The minimum Gasteiger partial charge on any atom is -0.727 e. The van der Waals surface area contributed by atoms with Crippen LogP contribution in [0.25, 0.3) is 0 Å². The van der Waals surface area contributed by atoms with E-state index in [1.54, 1.807) is 48.5 Å². The lowest BCUT2D eigenvalue weighted by molar-refractivity contribution is -0.151. The van der Waals surface area contributed by atoms with Gasteiger partial charge in [0.05, 0.1) is 35.1 Å². The summed E-state index contributed by atoms with van der Waals surface area (Å²) in [4.78, 5) is 45.4. The van der Waals surface area contributed by atoms with Crippen LogP contribution in [0.3, 0.4) is 0 Å². The molecule has 1 heterocycles. The molecule has 6 N–H and O–H groups in total. The van der Waals surface area contributed by atoms with Gasteiger partial charge in [-0.2, -0.15) is 8.42 Å². The van der Waals surface area contributed by atoms with Gasteiger partial charge in [0.15, 0.2) is 17.7 Å². The zero-order chi connectivity index (χ0) is 79.4. The number of nitrogens with zero attached hydrogens (tertiary/aromatic N) is 1. The molecule has 3 unspecified atom stereocenters. The van der Waals surface area contributed by atoms with Crippen molar-refractivity contribution in [3.63, 3.8) is 0 Å². The minimum atomic E-state index is -3.29. The van der Waals surface area contributed by atoms with Crippen molar-refractivity contribution in [2.75, 3.05) is 62.7 Å². The third-order valence-electron chi connectivity index (χ3n) is 11.7. The van der Waals surface area contributed by atoms with Crippen LogP contribution in [0.4, 0.5) is 0 Å². The highest BCUT2D eigenvalue weighted by atomic mass is 33.1. The molecule has 0 radical (unpaired) electrons. The molecule has 1 amide bonds. The van der Waals surface area contributed by atoms with Crippen LogP contribution >= 0.6 is 63.6 Å². The van der Waals surface area contributed by atoms with Crippen molar-refractivity contribution in [1.29, 1.82) is 0 Å². The number of nitrogens with one attached hydrogen (secondary N) is 2. The van der Waals surface area contributed by atoms with Crippen LogP contribution < -0.4 is 21.7 Å². The third-order valence-corrected chi connectivity index (χ3v) is 23.8. The Hall–Kier alpha value is -1.48. The molecule has 3 atom stereocenters. The Kier molecular flexibility index (Phi) is 62.5. The second-order valence-corrected chi connectivity index (χ2v) is 48.5. The van der Waals surface area contributed by atoms with Crippen LogP contribution in [0.1, 0.15) is 250 Å². The van der Waals surface area contributed by atoms with Crippen molar-refractivity contribution < 1.29 is 73.0 Å². The Labute approximate surface area is 643 Å². The van der Waals surface area contributed by atoms with Gasteiger partial charge in [-0.05, 0) is 195 Å². The van der Waals surface area contributed by atoms with Gasteiger partial charge in [-0.3, -0.25) is 23.2 Å². The number of hydrogen-bond acceptors (Lipinski definition) is 22. The summed E-state index contributed by atoms with van der Waals surface area (Å²) in [5.41, 5.74) is 5.69. The van der Waals surface area contributed by atoms with Crippen molar-refractivity contribution >= 4 is 159 Å². The number of carboxylic acids is 2. The van der Waals surface area contributed by atoms with Crippen molar-refractivity contribution in [2.24, 2.45) is 22.5 Å². The molecule has 0 aliphatic carbocycles. The van der Waals surface area contributed by atoms with Gasteiger partial charge in [0.1, 0.15) is 23.7 Å². The molecule has 1 fully saturated rings. The van der Waals surface area contributed by atoms with E-state index in [2.05, 4.69) is 93.3 Å². The first-order valence-corrected chi connectivity index (χ1v) is 46.7. The molecule has 0 aromatic heterocycles. The van der Waals surface area contributed by atoms with Gasteiger partial charge in [-0.25, -0.2) is 21.6 Å². The number of rotatable bonds is 29. The maximum absolute atomic E-state index is 11.2. The molecular formula is C69H136N4O16PS10-. The predicted octanol–water partition coefficient (Wildman–Crippen LogP) is 15.4. The maximum Gasteiger partial charge on any atom is 0.326 e. The smallest absolute Gasteiger partial charge is 0.326 e. The molecule has 100 heavy (non-hydrogen) atoms. The van der Waals surface area contributed by atoms with Crippen LogP contribution in [-0.2, 0) is 94.9 Å². The molecule has 1 aliphatic heterocycles. The standard InChI is InChI=1S/C15H24NPS2.C9H17NO3.C9H17NO2S.C8H18O3S2.C7H13NO2S.C7H16O3S.C7H16O2S2.C6H12OS.CH4/c1-15(2,3)13-7-9-14(10-8-13)17(18,19)16-11-5-4-6-12-16;1-4-7(9(12)13)10-8(11)5-6(2)3;1-6(2)10-8(9(11)12)5-4-7(3)13;1-8(2,3)11-6-5-7-12-13(4,9)10;1-7(2,3)6(9)10-4-5(8)11;1-5-6-11(8,9)10-7(2,3)4;1-7(2,3)5-6-10-11(4,8)9;1-5(2)7-4-6(3)8;/h7-10H,4-6,11-12H2,1-3H3,(H,18,19);6-7H,4-5H2,1-3H3,(H,10,11)(H,12,13);6,8,10H,4-5H2,1-3H3,(H,11,12);5-7H2,1-4H3;4H2,1-3H3,(H2,8,11);2*5-6H2,1-4H3;5H,4H2,1-3H3;1H4/p-1. The first kappa shape index (κ1) is 112. The highest BCUT2D eigenvalue weighted by molar-refractivity contribution is 8.72. The van der Waals surface area contributed by atoms with Crippen molar-refractivity contribution in [1.82, 2.24) is 15.3 Å². The molecule has 0 saturated carbocycles. The van der Waals surface area contributed by atoms with E-state index in [0.717, 1.165) is 57.2 Å². The van der Waals surface area contributed by atoms with Gasteiger partial charge in [0.25, 0.3) is 10.1 Å². The van der Waals surface area contributed by atoms with E-state index < -0.39 is 68.3 Å². The van der Waals surface area contributed by atoms with Crippen LogP contribution in [0.15, 0.2) is 24.3 Å². The van der Waals surface area contributed by atoms with Crippen molar-refractivity contribution in [3.05, 3.63) is 29.8 Å². The quantitative estimate of drug-likeness (QED) is 0.00947. The minimum absolute atomic E-state index is 0. The number of nitrogens with two attached hydrogens (primary N) is 1. The zero-order valence-electron chi connectivity index (χ0n) is 65.1. The Morgan fingerprint density at radius 1 is 0.720 bits per heavy atom. The van der Waals surface area contributed by atoms with Crippen LogP contribution in [-0.4, -0.2) is 177 Å². The number of ether oxygens (including phenoxy) is 3. The van der Waals surface area contributed by atoms with E-state index in [4.69, 9.17) is 82.8 Å².